The van der Waals surface area contributed by atoms with E-state index in [2.05, 4.69) is 20.5 Å². The van der Waals surface area contributed by atoms with Crippen LogP contribution in [0.4, 0.5) is 0 Å². The Morgan fingerprint density at radius 3 is 3.12 bits per heavy atom. The van der Waals surface area contributed by atoms with Gasteiger partial charge in [0.25, 0.3) is 5.91 Å². The molecule has 0 spiro atoms. The number of nitrogens with one attached hydrogen (secondary N) is 2. The van der Waals surface area contributed by atoms with Crippen molar-refractivity contribution in [3.8, 4) is 5.75 Å². The summed E-state index contributed by atoms with van der Waals surface area (Å²) in [4.78, 5) is 16.7. The number of thiophene rings is 1. The second kappa shape index (κ2) is 6.78. The first-order valence-corrected chi connectivity index (χ1v) is 9.90. The Kier molecular flexibility index (Phi) is 4.47. The highest BCUT2D eigenvalue weighted by Crippen LogP contribution is 2.38. The summed E-state index contributed by atoms with van der Waals surface area (Å²) in [7, 11) is 1.80. The lowest BCUT2D eigenvalue weighted by atomic mass is 10.2. The molecule has 4 rings (SSSR count). The third-order valence-electron chi connectivity index (χ3n) is 3.94. The van der Waals surface area contributed by atoms with E-state index in [0.717, 1.165) is 25.3 Å². The summed E-state index contributed by atoms with van der Waals surface area (Å²) in [5.41, 5.74) is 1.00. The molecule has 0 atom stereocenters. The van der Waals surface area contributed by atoms with Crippen LogP contribution in [0.5, 0.6) is 5.75 Å². The van der Waals surface area contributed by atoms with Crippen molar-refractivity contribution in [1.29, 1.82) is 0 Å². The number of aromatic amines is 1. The van der Waals surface area contributed by atoms with Gasteiger partial charge >= 0.3 is 0 Å². The number of carbonyl (C=O) groups excluding carboxylic acids is 1. The number of amides is 1. The Morgan fingerprint density at radius 1 is 1.50 bits per heavy atom. The number of H-pyrrole nitrogens is 1. The maximum Gasteiger partial charge on any atom is 0.258 e. The van der Waals surface area contributed by atoms with Crippen molar-refractivity contribution in [3.05, 3.63) is 33.1 Å². The molecule has 0 aliphatic carbocycles. The molecule has 1 amide bonds. The van der Waals surface area contributed by atoms with Gasteiger partial charge in [0.15, 0.2) is 17.2 Å². The molecule has 3 aromatic heterocycles. The molecule has 134 valence electrons. The Labute approximate surface area is 161 Å². The summed E-state index contributed by atoms with van der Waals surface area (Å²) in [6.45, 7) is 2.21. The molecule has 4 aromatic rings. The van der Waals surface area contributed by atoms with Gasteiger partial charge in [-0.1, -0.05) is 0 Å². The first-order valence-electron chi connectivity index (χ1n) is 7.80. The van der Waals surface area contributed by atoms with Crippen LogP contribution in [0.1, 0.15) is 10.8 Å². The molecule has 0 unspecified atom stereocenters. The number of hydrogen-bond acceptors (Lipinski definition) is 7. The number of nitrogens with zero attached hydrogens (tertiary/aromatic N) is 3. The zero-order chi connectivity index (χ0) is 18.3. The molecule has 0 aliphatic heterocycles. The highest BCUT2D eigenvalue weighted by molar-refractivity contribution is 7.71. The van der Waals surface area contributed by atoms with E-state index in [1.165, 1.54) is 0 Å². The van der Waals surface area contributed by atoms with Crippen LogP contribution in [-0.4, -0.2) is 32.3 Å². The van der Waals surface area contributed by atoms with Gasteiger partial charge < -0.3 is 14.6 Å². The zero-order valence-electron chi connectivity index (χ0n) is 14.0. The lowest BCUT2D eigenvalue weighted by Gasteiger charge is -2.08. The van der Waals surface area contributed by atoms with Gasteiger partial charge in [0.05, 0.1) is 26.5 Å². The van der Waals surface area contributed by atoms with E-state index in [1.54, 1.807) is 34.3 Å². The molecular weight excluding hydrogens is 390 g/mol. The molecular formula is C16H15N5O2S3. The number of aromatic nitrogens is 4. The molecule has 3 heterocycles. The van der Waals surface area contributed by atoms with Crippen LogP contribution in [0.15, 0.2) is 17.5 Å². The van der Waals surface area contributed by atoms with Gasteiger partial charge in [-0.3, -0.25) is 9.89 Å². The maximum absolute atomic E-state index is 12.1. The summed E-state index contributed by atoms with van der Waals surface area (Å²) in [5.74, 6) is 1.14. The molecule has 0 radical (unpaired) electrons. The SMILES string of the molecule is Cc1nc2c(cc(OCC(=O)NCc3n[nH]c(=S)n3C)c3ccsc32)s1. The number of aryl methyl sites for hydroxylation is 1. The molecule has 7 nitrogen and oxygen atoms in total. The van der Waals surface area contributed by atoms with Crippen LogP contribution in [0.25, 0.3) is 20.3 Å². The number of benzene rings is 1. The number of fused-ring (bicyclic) bond motifs is 3. The minimum Gasteiger partial charge on any atom is -0.483 e. The fourth-order valence-corrected chi connectivity index (χ4v) is 4.60. The monoisotopic (exact) mass is 405 g/mol. The number of hydrogen-bond donors (Lipinski definition) is 2. The summed E-state index contributed by atoms with van der Waals surface area (Å²) >= 11 is 8.30. The lowest BCUT2D eigenvalue weighted by molar-refractivity contribution is -0.123. The summed E-state index contributed by atoms with van der Waals surface area (Å²) in [6.07, 6.45) is 0. The van der Waals surface area contributed by atoms with Crippen LogP contribution in [-0.2, 0) is 18.4 Å². The summed E-state index contributed by atoms with van der Waals surface area (Å²) < 4.78 is 10.2. The Hall–Kier alpha value is -2.30. The Morgan fingerprint density at radius 2 is 2.35 bits per heavy atom. The van der Waals surface area contributed by atoms with Crippen molar-refractivity contribution in [1.82, 2.24) is 25.1 Å². The van der Waals surface area contributed by atoms with Gasteiger partial charge in [-0.2, -0.15) is 5.10 Å². The lowest BCUT2D eigenvalue weighted by Crippen LogP contribution is -2.29. The van der Waals surface area contributed by atoms with Crippen molar-refractivity contribution in [3.63, 3.8) is 0 Å². The number of carbonyl (C=O) groups is 1. The molecule has 0 saturated heterocycles. The maximum atomic E-state index is 12.1. The van der Waals surface area contributed by atoms with E-state index >= 15 is 0 Å². The minimum absolute atomic E-state index is 0.0664. The van der Waals surface area contributed by atoms with Crippen LogP contribution in [0, 0.1) is 11.7 Å². The molecule has 0 bridgehead atoms. The fourth-order valence-electron chi connectivity index (χ4n) is 2.62. The molecule has 0 fully saturated rings. The predicted octanol–water partition coefficient (Wildman–Crippen LogP) is 3.31. The summed E-state index contributed by atoms with van der Waals surface area (Å²) in [6, 6.07) is 3.95. The largest absolute Gasteiger partial charge is 0.483 e. The molecule has 0 saturated carbocycles. The van der Waals surface area contributed by atoms with E-state index in [0.29, 0.717) is 16.3 Å². The van der Waals surface area contributed by atoms with Crippen LogP contribution in [0.3, 0.4) is 0 Å². The quantitative estimate of drug-likeness (QED) is 0.498. The van der Waals surface area contributed by atoms with Gasteiger partial charge in [0.1, 0.15) is 5.75 Å². The van der Waals surface area contributed by atoms with Gasteiger partial charge in [-0.05, 0) is 30.6 Å². The predicted molar refractivity (Wildman–Crippen MR) is 105 cm³/mol. The zero-order valence-corrected chi connectivity index (χ0v) is 16.5. The highest BCUT2D eigenvalue weighted by atomic mass is 32.1. The van der Waals surface area contributed by atoms with Crippen molar-refractivity contribution >= 4 is 61.1 Å². The highest BCUT2D eigenvalue weighted by Gasteiger charge is 2.14. The number of rotatable bonds is 5. The van der Waals surface area contributed by atoms with E-state index in [1.807, 2.05) is 24.4 Å². The molecule has 1 aromatic carbocycles. The van der Waals surface area contributed by atoms with Crippen molar-refractivity contribution in [2.75, 3.05) is 6.61 Å². The van der Waals surface area contributed by atoms with Gasteiger partial charge in [0, 0.05) is 18.5 Å². The topological polar surface area (TPSA) is 84.8 Å². The van der Waals surface area contributed by atoms with Gasteiger partial charge in [-0.25, -0.2) is 4.98 Å². The second-order valence-electron chi connectivity index (χ2n) is 5.69. The standard InChI is InChI=1S/C16H15N5O2S3/c1-8-18-14-11(26-8)5-10(9-3-4-25-15(9)14)23-7-13(22)17-6-12-19-20-16(24)21(12)2/h3-5H,6-7H2,1-2H3,(H,17,22)(H,20,24). The third kappa shape index (κ3) is 3.11. The van der Waals surface area contributed by atoms with E-state index in [9.17, 15) is 4.79 Å². The van der Waals surface area contributed by atoms with Crippen molar-refractivity contribution < 1.29 is 9.53 Å². The second-order valence-corrected chi connectivity index (χ2v) is 8.22. The van der Waals surface area contributed by atoms with Crippen LogP contribution >= 0.6 is 34.9 Å². The van der Waals surface area contributed by atoms with E-state index in [-0.39, 0.29) is 19.1 Å². The number of thiazole rings is 1. The summed E-state index contributed by atoms with van der Waals surface area (Å²) in [5, 5.41) is 13.5. The molecule has 10 heteroatoms. The van der Waals surface area contributed by atoms with Crippen molar-refractivity contribution in [2.45, 2.75) is 13.5 Å². The molecule has 0 aliphatic rings. The van der Waals surface area contributed by atoms with Gasteiger partial charge in [-0.15, -0.1) is 22.7 Å². The average Bonchev–Trinajstić information content (AvgIpc) is 3.31. The van der Waals surface area contributed by atoms with E-state index in [4.69, 9.17) is 17.0 Å². The van der Waals surface area contributed by atoms with Crippen LogP contribution < -0.4 is 10.1 Å². The average molecular weight is 406 g/mol. The Balaban J connectivity index is 1.48. The fraction of sp³-hybridized carbons (Fsp3) is 0.250. The first kappa shape index (κ1) is 17.1. The van der Waals surface area contributed by atoms with Crippen LogP contribution in [0.2, 0.25) is 0 Å². The normalized spacial score (nSPS) is 11.3. The molecule has 2 N–H and O–H groups in total. The minimum atomic E-state index is -0.220. The van der Waals surface area contributed by atoms with E-state index < -0.39 is 0 Å². The Bertz CT molecular complexity index is 1170. The van der Waals surface area contributed by atoms with Gasteiger partial charge in [0.2, 0.25) is 0 Å². The first-order chi connectivity index (χ1) is 12.5. The smallest absolute Gasteiger partial charge is 0.258 e. The third-order valence-corrected chi connectivity index (χ3v) is 6.15. The molecule has 26 heavy (non-hydrogen) atoms. The van der Waals surface area contributed by atoms with Crippen molar-refractivity contribution in [2.24, 2.45) is 7.05 Å². The number of ether oxygens (including phenoxy) is 1.